The molecule has 1 aliphatic heterocycles. The van der Waals surface area contributed by atoms with Crippen molar-refractivity contribution in [1.29, 1.82) is 0 Å². The number of carboxylic acids is 1. The molecule has 0 fully saturated rings. The largest absolute Gasteiger partial charge is 0.479 e. The summed E-state index contributed by atoms with van der Waals surface area (Å²) in [4.78, 5) is 61.1. The van der Waals surface area contributed by atoms with E-state index in [1.54, 1.807) is 53.9 Å². The van der Waals surface area contributed by atoms with Crippen molar-refractivity contribution in [3.8, 4) is 0 Å². The quantitative estimate of drug-likeness (QED) is 0.295. The number of fused-ring (bicyclic) bond motifs is 2. The van der Waals surface area contributed by atoms with E-state index < -0.39 is 46.6 Å². The second-order valence-electron chi connectivity index (χ2n) is 14.4. The molecule has 0 unspecified atom stereocenters. The van der Waals surface area contributed by atoms with Crippen molar-refractivity contribution in [1.82, 2.24) is 30.5 Å². The molecule has 260 valence electrons. The van der Waals surface area contributed by atoms with E-state index >= 15 is 0 Å². The van der Waals surface area contributed by atoms with Crippen molar-refractivity contribution in [3.63, 3.8) is 0 Å². The molecule has 0 aliphatic carbocycles. The highest BCUT2D eigenvalue weighted by molar-refractivity contribution is 5.91. The summed E-state index contributed by atoms with van der Waals surface area (Å²) >= 11 is 0. The lowest BCUT2D eigenvalue weighted by atomic mass is 9.70. The highest BCUT2D eigenvalue weighted by Crippen LogP contribution is 2.34. The second-order valence-corrected chi connectivity index (χ2v) is 14.4. The van der Waals surface area contributed by atoms with Crippen molar-refractivity contribution < 1.29 is 33.8 Å². The number of aromatic nitrogens is 3. The summed E-state index contributed by atoms with van der Waals surface area (Å²) in [7, 11) is 0. The summed E-state index contributed by atoms with van der Waals surface area (Å²) in [5.74, 6) is -1.40. The first-order valence-corrected chi connectivity index (χ1v) is 16.0. The number of aryl methyl sites for hydroxylation is 1. The van der Waals surface area contributed by atoms with Crippen molar-refractivity contribution in [2.75, 3.05) is 18.5 Å². The molecule has 3 heterocycles. The first-order valence-electron chi connectivity index (χ1n) is 16.0. The van der Waals surface area contributed by atoms with E-state index in [1.165, 1.54) is 12.3 Å². The Morgan fingerprint density at radius 3 is 2.45 bits per heavy atom. The van der Waals surface area contributed by atoms with Crippen molar-refractivity contribution >= 4 is 29.8 Å². The van der Waals surface area contributed by atoms with Crippen LogP contribution in [0.5, 0.6) is 0 Å². The maximum Gasteiger partial charge on any atom is 0.413 e. The third kappa shape index (κ3) is 10.9. The number of anilines is 1. The normalized spacial score (nSPS) is 19.5. The van der Waals surface area contributed by atoms with Gasteiger partial charge in [-0.1, -0.05) is 40.7 Å². The summed E-state index contributed by atoms with van der Waals surface area (Å²) in [5.41, 5.74) is -2.38. The van der Waals surface area contributed by atoms with Gasteiger partial charge in [0.15, 0.2) is 0 Å². The molecule has 0 aromatic carbocycles. The van der Waals surface area contributed by atoms with Crippen LogP contribution in [0, 0.1) is 11.3 Å². The maximum absolute atomic E-state index is 13.7. The Kier molecular flexibility index (Phi) is 12.4. The lowest BCUT2D eigenvalue weighted by Gasteiger charge is -2.42. The van der Waals surface area contributed by atoms with Gasteiger partial charge >= 0.3 is 18.1 Å². The molecule has 3 rings (SSSR count). The lowest BCUT2D eigenvalue weighted by Crippen LogP contribution is -2.67. The maximum atomic E-state index is 13.7. The van der Waals surface area contributed by atoms with Gasteiger partial charge in [-0.15, -0.1) is 0 Å². The number of ether oxygens (including phenoxy) is 2. The molecule has 14 heteroatoms. The van der Waals surface area contributed by atoms with Gasteiger partial charge in [0, 0.05) is 38.4 Å². The van der Waals surface area contributed by atoms with Crippen LogP contribution < -0.4 is 21.3 Å². The number of nitrogens with one attached hydrogen (secondary N) is 4. The molecule has 2 aromatic rings. The molecule has 0 saturated carbocycles. The first-order chi connectivity index (χ1) is 21.9. The highest BCUT2D eigenvalue weighted by Gasteiger charge is 2.50. The Hall–Kier alpha value is -4.20. The van der Waals surface area contributed by atoms with Crippen LogP contribution in [0.15, 0.2) is 30.9 Å². The first kappa shape index (κ1) is 37.3. The molecule has 2 bridgehead atoms. The number of pyridine rings is 1. The Morgan fingerprint density at radius 1 is 1.13 bits per heavy atom. The predicted octanol–water partition coefficient (Wildman–Crippen LogP) is 3.90. The van der Waals surface area contributed by atoms with Crippen molar-refractivity contribution in [2.24, 2.45) is 11.3 Å². The van der Waals surface area contributed by atoms with Gasteiger partial charge in [0.25, 0.3) is 0 Å². The number of carboxylic acid groups (broad SMARTS) is 1. The number of hydrogen-bond acceptors (Lipinski definition) is 8. The number of carbonyl (C=O) groups excluding carboxylic acids is 3. The van der Waals surface area contributed by atoms with E-state index in [2.05, 4.69) is 31.2 Å². The van der Waals surface area contributed by atoms with Crippen LogP contribution in [-0.4, -0.2) is 80.1 Å². The van der Waals surface area contributed by atoms with E-state index in [0.717, 1.165) is 19.4 Å². The van der Waals surface area contributed by atoms with Gasteiger partial charge < -0.3 is 35.1 Å². The van der Waals surface area contributed by atoms with Crippen LogP contribution in [0.2, 0.25) is 0 Å². The van der Waals surface area contributed by atoms with E-state index in [0.29, 0.717) is 24.5 Å². The number of amides is 4. The Bertz CT molecular complexity index is 1380. The van der Waals surface area contributed by atoms with Gasteiger partial charge in [-0.25, -0.2) is 24.4 Å². The van der Waals surface area contributed by atoms with Crippen LogP contribution >= 0.6 is 0 Å². The predicted molar refractivity (Wildman–Crippen MR) is 176 cm³/mol. The molecule has 2 aromatic heterocycles. The lowest BCUT2D eigenvalue weighted by molar-refractivity contribution is -0.149. The standard InChI is InChI=1S/C33H51N7O7/c1-21(2)25-19-46-14-10-9-13-40-18-23(35-20-40)15-24(27(41)36-25)37-29(44)39-33(28(42)43,31(3,4)5)16-22-11-12-26(34-17-22)38-30(45)47-32(6,7)8/h11-12,17-18,20-21,24-25H,9-10,13-16,19H2,1-8H3,(H,36,41)(H,42,43)(H,34,38,45)(H2,37,39,44)/t24-,25-,33-/m1/s1. The fourth-order valence-electron chi connectivity index (χ4n) is 5.10. The molecule has 47 heavy (non-hydrogen) atoms. The molecule has 4 amide bonds. The summed E-state index contributed by atoms with van der Waals surface area (Å²) in [5, 5.41) is 21.6. The van der Waals surface area contributed by atoms with Crippen molar-refractivity contribution in [2.45, 2.75) is 111 Å². The molecule has 0 radical (unpaired) electrons. The van der Waals surface area contributed by atoms with Gasteiger partial charge in [0.05, 0.1) is 24.7 Å². The van der Waals surface area contributed by atoms with Crippen LogP contribution in [0.25, 0.3) is 0 Å². The monoisotopic (exact) mass is 657 g/mol. The van der Waals surface area contributed by atoms with Gasteiger partial charge in [0.1, 0.15) is 23.0 Å². The number of urea groups is 1. The summed E-state index contributed by atoms with van der Waals surface area (Å²) in [6.45, 7) is 16.0. The van der Waals surface area contributed by atoms with Gasteiger partial charge in [-0.05, 0) is 56.6 Å². The van der Waals surface area contributed by atoms with E-state index in [9.17, 15) is 24.3 Å². The number of imidazole rings is 1. The van der Waals surface area contributed by atoms with E-state index in [4.69, 9.17) is 9.47 Å². The molecule has 5 N–H and O–H groups in total. The molecule has 14 nitrogen and oxygen atoms in total. The van der Waals surface area contributed by atoms with Gasteiger partial charge in [-0.2, -0.15) is 0 Å². The third-order valence-electron chi connectivity index (χ3n) is 8.00. The average Bonchev–Trinajstić information content (AvgIpc) is 3.39. The second kappa shape index (κ2) is 15.6. The third-order valence-corrected chi connectivity index (χ3v) is 8.00. The summed E-state index contributed by atoms with van der Waals surface area (Å²) in [6.07, 6.45) is 6.05. The van der Waals surface area contributed by atoms with Crippen molar-refractivity contribution in [3.05, 3.63) is 42.1 Å². The average molecular weight is 658 g/mol. The smallest absolute Gasteiger partial charge is 0.413 e. The minimum Gasteiger partial charge on any atom is -0.479 e. The summed E-state index contributed by atoms with van der Waals surface area (Å²) < 4.78 is 13.0. The number of aliphatic carboxylic acids is 1. The Labute approximate surface area is 276 Å². The zero-order valence-corrected chi connectivity index (χ0v) is 28.8. The van der Waals surface area contributed by atoms with Crippen LogP contribution in [-0.2, 0) is 38.4 Å². The minimum absolute atomic E-state index is 0.0698. The zero-order chi connectivity index (χ0) is 35.0. The van der Waals surface area contributed by atoms with E-state index in [-0.39, 0.29) is 30.6 Å². The molecular weight excluding hydrogens is 606 g/mol. The topological polar surface area (TPSA) is 186 Å². The number of nitrogens with zero attached hydrogens (tertiary/aromatic N) is 3. The van der Waals surface area contributed by atoms with Crippen LogP contribution in [0.4, 0.5) is 15.4 Å². The van der Waals surface area contributed by atoms with Gasteiger partial charge in [-0.3, -0.25) is 10.1 Å². The Morgan fingerprint density at radius 2 is 1.85 bits per heavy atom. The van der Waals surface area contributed by atoms with Crippen LogP contribution in [0.3, 0.4) is 0 Å². The van der Waals surface area contributed by atoms with Crippen LogP contribution in [0.1, 0.15) is 79.5 Å². The number of carbonyl (C=O) groups is 4. The molecule has 0 saturated heterocycles. The summed E-state index contributed by atoms with van der Waals surface area (Å²) in [6, 6.07) is 0.994. The zero-order valence-electron chi connectivity index (χ0n) is 28.8. The molecule has 0 spiro atoms. The highest BCUT2D eigenvalue weighted by atomic mass is 16.6. The molecular formula is C33H51N7O7. The molecule has 1 aliphatic rings. The fraction of sp³-hybridized carbons (Fsp3) is 0.636. The Balaban J connectivity index is 1.84. The fourth-order valence-corrected chi connectivity index (χ4v) is 5.10. The number of hydrogen-bond donors (Lipinski definition) is 5. The SMILES string of the molecule is CC(C)[C@H]1COCCCCn2cnc(c2)C[C@@H](NC(=O)N[C@](Cc2ccc(NC(=O)OC(C)(C)C)nc2)(C(=O)O)C(C)(C)C)C(=O)N1. The van der Waals surface area contributed by atoms with Gasteiger partial charge in [0.2, 0.25) is 5.91 Å². The van der Waals surface area contributed by atoms with E-state index in [1.807, 2.05) is 24.6 Å². The number of rotatable bonds is 7. The minimum atomic E-state index is -1.81. The molecule has 3 atom stereocenters.